The first-order valence-corrected chi connectivity index (χ1v) is 11.1. The van der Waals surface area contributed by atoms with E-state index in [0.29, 0.717) is 18.8 Å². The van der Waals surface area contributed by atoms with E-state index in [9.17, 15) is 13.2 Å². The number of carbonyl (C=O) groups is 1. The molecule has 3 rings (SSSR count). The standard InChI is InChI=1S/C21H28N4O3S/c1-23(2)29(27,28)18-8-9-20(22)19(16-18)21(26)25-14-12-24(13-15-25)11-10-17-6-4-3-5-7-17/h3-9,16H,10-15,22H2,1-2H3. The lowest BCUT2D eigenvalue weighted by Gasteiger charge is -2.35. The van der Waals surface area contributed by atoms with Crippen LogP contribution >= 0.6 is 0 Å². The van der Waals surface area contributed by atoms with Gasteiger partial charge in [0.05, 0.1) is 10.5 Å². The van der Waals surface area contributed by atoms with Gasteiger partial charge in [-0.15, -0.1) is 0 Å². The smallest absolute Gasteiger partial charge is 0.256 e. The van der Waals surface area contributed by atoms with E-state index in [1.54, 1.807) is 4.90 Å². The average molecular weight is 417 g/mol. The summed E-state index contributed by atoms with van der Waals surface area (Å²) in [6.45, 7) is 3.71. The summed E-state index contributed by atoms with van der Waals surface area (Å²) in [7, 11) is -0.704. The number of benzene rings is 2. The number of rotatable bonds is 6. The molecule has 0 atom stereocenters. The molecule has 0 radical (unpaired) electrons. The summed E-state index contributed by atoms with van der Waals surface area (Å²) < 4.78 is 25.9. The third-order valence-corrected chi connectivity index (χ3v) is 7.06. The number of amides is 1. The van der Waals surface area contributed by atoms with Gasteiger partial charge in [0.15, 0.2) is 0 Å². The summed E-state index contributed by atoms with van der Waals surface area (Å²) in [6, 6.07) is 14.6. The van der Waals surface area contributed by atoms with Crippen molar-refractivity contribution in [2.75, 3.05) is 52.6 Å². The van der Waals surface area contributed by atoms with Crippen LogP contribution < -0.4 is 5.73 Å². The molecule has 0 unspecified atom stereocenters. The lowest BCUT2D eigenvalue weighted by Crippen LogP contribution is -2.49. The van der Waals surface area contributed by atoms with Gasteiger partial charge in [-0.1, -0.05) is 30.3 Å². The van der Waals surface area contributed by atoms with E-state index in [4.69, 9.17) is 5.73 Å². The van der Waals surface area contributed by atoms with Crippen LogP contribution in [-0.4, -0.2) is 75.2 Å². The number of hydrogen-bond donors (Lipinski definition) is 1. The summed E-state index contributed by atoms with van der Waals surface area (Å²) in [6.07, 6.45) is 0.978. The fraction of sp³-hybridized carbons (Fsp3) is 0.381. The van der Waals surface area contributed by atoms with Gasteiger partial charge < -0.3 is 10.6 Å². The normalized spacial score (nSPS) is 15.6. The fourth-order valence-electron chi connectivity index (χ4n) is 3.37. The quantitative estimate of drug-likeness (QED) is 0.722. The van der Waals surface area contributed by atoms with E-state index in [-0.39, 0.29) is 16.4 Å². The summed E-state index contributed by atoms with van der Waals surface area (Å²) in [5.41, 5.74) is 7.83. The van der Waals surface area contributed by atoms with E-state index in [2.05, 4.69) is 17.0 Å². The molecule has 1 amide bonds. The highest BCUT2D eigenvalue weighted by Crippen LogP contribution is 2.22. The molecule has 1 aliphatic rings. The van der Waals surface area contributed by atoms with E-state index in [1.165, 1.54) is 37.9 Å². The first-order chi connectivity index (χ1) is 13.8. The molecule has 0 bridgehead atoms. The molecule has 0 aromatic heterocycles. The Balaban J connectivity index is 1.63. The van der Waals surface area contributed by atoms with Crippen molar-refractivity contribution >= 4 is 21.6 Å². The zero-order chi connectivity index (χ0) is 21.0. The number of nitrogens with two attached hydrogens (primary N) is 1. The maximum atomic E-state index is 13.0. The van der Waals surface area contributed by atoms with Crippen LogP contribution in [0, 0.1) is 0 Å². The number of hydrogen-bond acceptors (Lipinski definition) is 5. The van der Waals surface area contributed by atoms with E-state index < -0.39 is 10.0 Å². The van der Waals surface area contributed by atoms with Crippen LogP contribution in [0.1, 0.15) is 15.9 Å². The number of anilines is 1. The Bertz CT molecular complexity index is 953. The van der Waals surface area contributed by atoms with Crippen LogP contribution in [0.4, 0.5) is 5.69 Å². The molecule has 8 heteroatoms. The van der Waals surface area contributed by atoms with Crippen LogP contribution in [0.3, 0.4) is 0 Å². The Morgan fingerprint density at radius 2 is 1.69 bits per heavy atom. The summed E-state index contributed by atoms with van der Waals surface area (Å²) in [5, 5.41) is 0. The topological polar surface area (TPSA) is 86.9 Å². The second-order valence-corrected chi connectivity index (χ2v) is 9.56. The molecule has 2 aromatic carbocycles. The van der Waals surface area contributed by atoms with Crippen LogP contribution in [-0.2, 0) is 16.4 Å². The van der Waals surface area contributed by atoms with Crippen molar-refractivity contribution in [3.8, 4) is 0 Å². The molecule has 156 valence electrons. The molecule has 0 saturated carbocycles. The third-order valence-electron chi connectivity index (χ3n) is 5.25. The minimum Gasteiger partial charge on any atom is -0.398 e. The highest BCUT2D eigenvalue weighted by atomic mass is 32.2. The van der Waals surface area contributed by atoms with Gasteiger partial charge in [0, 0.05) is 52.5 Å². The number of piperazine rings is 1. The van der Waals surface area contributed by atoms with Gasteiger partial charge in [-0.2, -0.15) is 0 Å². The Morgan fingerprint density at radius 1 is 1.03 bits per heavy atom. The maximum Gasteiger partial charge on any atom is 0.256 e. The molecule has 0 spiro atoms. The predicted molar refractivity (Wildman–Crippen MR) is 114 cm³/mol. The minimum absolute atomic E-state index is 0.0709. The highest BCUT2D eigenvalue weighted by Gasteiger charge is 2.25. The van der Waals surface area contributed by atoms with Crippen molar-refractivity contribution in [3.63, 3.8) is 0 Å². The van der Waals surface area contributed by atoms with E-state index in [1.807, 2.05) is 18.2 Å². The molecule has 0 aliphatic carbocycles. The van der Waals surface area contributed by atoms with Crippen LogP contribution in [0.15, 0.2) is 53.4 Å². The van der Waals surface area contributed by atoms with Gasteiger partial charge >= 0.3 is 0 Å². The summed E-state index contributed by atoms with van der Waals surface area (Å²) in [5.74, 6) is -0.221. The van der Waals surface area contributed by atoms with E-state index in [0.717, 1.165) is 30.4 Å². The van der Waals surface area contributed by atoms with Crippen molar-refractivity contribution in [3.05, 3.63) is 59.7 Å². The number of nitrogens with zero attached hydrogens (tertiary/aromatic N) is 3. The van der Waals surface area contributed by atoms with Gasteiger partial charge in [0.25, 0.3) is 5.91 Å². The van der Waals surface area contributed by atoms with Gasteiger partial charge in [0.1, 0.15) is 0 Å². The maximum absolute atomic E-state index is 13.0. The lowest BCUT2D eigenvalue weighted by molar-refractivity contribution is 0.0639. The Kier molecular flexibility index (Phi) is 6.56. The van der Waals surface area contributed by atoms with E-state index >= 15 is 0 Å². The van der Waals surface area contributed by atoms with Crippen LogP contribution in [0.25, 0.3) is 0 Å². The molecule has 7 nitrogen and oxygen atoms in total. The van der Waals surface area contributed by atoms with Crippen molar-refractivity contribution < 1.29 is 13.2 Å². The van der Waals surface area contributed by atoms with Crippen molar-refractivity contribution in [1.82, 2.24) is 14.1 Å². The zero-order valence-corrected chi connectivity index (χ0v) is 17.7. The number of carbonyl (C=O) groups excluding carboxylic acids is 1. The molecule has 2 N–H and O–H groups in total. The minimum atomic E-state index is -3.62. The van der Waals surface area contributed by atoms with Crippen molar-refractivity contribution in [2.45, 2.75) is 11.3 Å². The zero-order valence-electron chi connectivity index (χ0n) is 16.9. The second-order valence-electron chi connectivity index (χ2n) is 7.41. The lowest BCUT2D eigenvalue weighted by atomic mass is 10.1. The van der Waals surface area contributed by atoms with Crippen molar-refractivity contribution in [2.24, 2.45) is 0 Å². The molecule has 1 saturated heterocycles. The third kappa shape index (κ3) is 4.95. The van der Waals surface area contributed by atoms with Gasteiger partial charge in [0.2, 0.25) is 10.0 Å². The average Bonchev–Trinajstić information content (AvgIpc) is 2.73. The summed E-state index contributed by atoms with van der Waals surface area (Å²) >= 11 is 0. The SMILES string of the molecule is CN(C)S(=O)(=O)c1ccc(N)c(C(=O)N2CCN(CCc3ccccc3)CC2)c1. The Hall–Kier alpha value is -2.42. The molecule has 1 fully saturated rings. The first kappa shape index (κ1) is 21.3. The number of sulfonamides is 1. The highest BCUT2D eigenvalue weighted by molar-refractivity contribution is 7.89. The fourth-order valence-corrected chi connectivity index (χ4v) is 4.30. The van der Waals surface area contributed by atoms with Gasteiger partial charge in [-0.05, 0) is 30.2 Å². The molecule has 1 heterocycles. The van der Waals surface area contributed by atoms with Crippen LogP contribution in [0.2, 0.25) is 0 Å². The van der Waals surface area contributed by atoms with Crippen LogP contribution in [0.5, 0.6) is 0 Å². The molecular formula is C21H28N4O3S. The molecule has 2 aromatic rings. The molecule has 29 heavy (non-hydrogen) atoms. The van der Waals surface area contributed by atoms with Gasteiger partial charge in [-0.3, -0.25) is 9.69 Å². The molecular weight excluding hydrogens is 388 g/mol. The van der Waals surface area contributed by atoms with Crippen molar-refractivity contribution in [1.29, 1.82) is 0 Å². The van der Waals surface area contributed by atoms with Gasteiger partial charge in [-0.25, -0.2) is 12.7 Å². The largest absolute Gasteiger partial charge is 0.398 e. The number of nitrogen functional groups attached to an aromatic ring is 1. The summed E-state index contributed by atoms with van der Waals surface area (Å²) in [4.78, 5) is 17.1. The Labute approximate surface area is 172 Å². The first-order valence-electron chi connectivity index (χ1n) is 9.66. The Morgan fingerprint density at radius 3 is 2.31 bits per heavy atom. The molecule has 1 aliphatic heterocycles. The predicted octanol–water partition coefficient (Wildman–Crippen LogP) is 1.52. The second kappa shape index (κ2) is 8.94. The monoisotopic (exact) mass is 416 g/mol.